The molecule has 0 radical (unpaired) electrons. The van der Waals surface area contributed by atoms with Gasteiger partial charge in [-0.15, -0.1) is 11.3 Å². The number of benzene rings is 4. The van der Waals surface area contributed by atoms with Crippen LogP contribution >= 0.6 is 11.3 Å². The maximum Gasteiger partial charge on any atom is 0.0390 e. The van der Waals surface area contributed by atoms with Crippen molar-refractivity contribution >= 4 is 38.4 Å². The maximum absolute atomic E-state index is 3.58. The molecule has 0 spiro atoms. The summed E-state index contributed by atoms with van der Waals surface area (Å²) in [5.74, 6) is 0.582. The molecule has 0 saturated carbocycles. The molecular weight excluding hydrogens is 418 g/mol. The van der Waals surface area contributed by atoms with E-state index in [9.17, 15) is 0 Å². The first-order valence-electron chi connectivity index (χ1n) is 11.5. The number of hydrogen-bond donors (Lipinski definition) is 1. The number of allylic oxidation sites excluding steroid dienone is 1. The Morgan fingerprint density at radius 2 is 1.45 bits per heavy atom. The molecule has 1 aromatic heterocycles. The van der Waals surface area contributed by atoms with Gasteiger partial charge in [-0.3, -0.25) is 0 Å². The molecule has 1 atom stereocenters. The molecule has 0 bridgehead atoms. The average molecular weight is 444 g/mol. The van der Waals surface area contributed by atoms with Gasteiger partial charge < -0.3 is 5.32 Å². The quantitative estimate of drug-likeness (QED) is 0.292. The lowest BCUT2D eigenvalue weighted by Gasteiger charge is -2.20. The Hall–Kier alpha value is -3.62. The number of anilines is 2. The van der Waals surface area contributed by atoms with Crippen LogP contribution in [0.1, 0.15) is 35.3 Å². The summed E-state index contributed by atoms with van der Waals surface area (Å²) < 4.78 is 1.39. The van der Waals surface area contributed by atoms with Gasteiger partial charge in [-0.2, -0.15) is 0 Å². The fourth-order valence-corrected chi connectivity index (χ4v) is 6.05. The lowest BCUT2D eigenvalue weighted by atomic mass is 9.85. The third kappa shape index (κ3) is 3.77. The molecule has 5 aromatic rings. The molecule has 0 fully saturated rings. The van der Waals surface area contributed by atoms with Crippen LogP contribution in [0.5, 0.6) is 0 Å². The van der Waals surface area contributed by atoms with Crippen LogP contribution in [0.15, 0.2) is 109 Å². The molecular formula is C31H25NS. The Bertz CT molecular complexity index is 1460. The standard InChI is InChI=1S/C31H25NS/c1-21-14-19-27(30-28-12-5-6-13-29(28)33-31(21)30)23-15-17-25(18-16-23)32-26-11-7-10-24(20-26)22-8-3-2-4-9-22/h2-13,15-21,32H,14H2,1H3. The highest BCUT2D eigenvalue weighted by Crippen LogP contribution is 2.46. The summed E-state index contributed by atoms with van der Waals surface area (Å²) in [6, 6.07) is 36.8. The summed E-state index contributed by atoms with van der Waals surface area (Å²) in [4.78, 5) is 1.52. The molecule has 1 aliphatic carbocycles. The van der Waals surface area contributed by atoms with E-state index in [1.165, 1.54) is 42.8 Å². The predicted octanol–water partition coefficient (Wildman–Crippen LogP) is 9.25. The zero-order valence-corrected chi connectivity index (χ0v) is 19.4. The molecule has 0 aliphatic heterocycles. The Kier molecular flexibility index (Phi) is 5.09. The summed E-state index contributed by atoms with van der Waals surface area (Å²) in [5, 5.41) is 4.96. The highest BCUT2D eigenvalue weighted by Gasteiger charge is 2.24. The van der Waals surface area contributed by atoms with Crippen molar-refractivity contribution in [3.8, 4) is 11.1 Å². The van der Waals surface area contributed by atoms with Gasteiger partial charge in [0.15, 0.2) is 0 Å². The van der Waals surface area contributed by atoms with E-state index in [0.717, 1.165) is 17.8 Å². The van der Waals surface area contributed by atoms with E-state index in [0.29, 0.717) is 5.92 Å². The van der Waals surface area contributed by atoms with Gasteiger partial charge in [-0.1, -0.05) is 85.8 Å². The molecule has 160 valence electrons. The van der Waals surface area contributed by atoms with E-state index >= 15 is 0 Å². The summed E-state index contributed by atoms with van der Waals surface area (Å²) >= 11 is 1.96. The highest BCUT2D eigenvalue weighted by atomic mass is 32.1. The minimum Gasteiger partial charge on any atom is -0.356 e. The van der Waals surface area contributed by atoms with Crippen molar-refractivity contribution < 1.29 is 0 Å². The van der Waals surface area contributed by atoms with Crippen LogP contribution < -0.4 is 5.32 Å². The van der Waals surface area contributed by atoms with E-state index in [4.69, 9.17) is 0 Å². The van der Waals surface area contributed by atoms with Crippen molar-refractivity contribution in [1.82, 2.24) is 0 Å². The van der Waals surface area contributed by atoms with Crippen molar-refractivity contribution in [3.05, 3.63) is 125 Å². The van der Waals surface area contributed by atoms with Crippen molar-refractivity contribution in [2.24, 2.45) is 0 Å². The van der Waals surface area contributed by atoms with Crippen LogP contribution in [0.25, 0.3) is 26.8 Å². The fraction of sp³-hybridized carbons (Fsp3) is 0.0968. The second-order valence-corrected chi connectivity index (χ2v) is 9.82. The first-order valence-corrected chi connectivity index (χ1v) is 12.3. The van der Waals surface area contributed by atoms with E-state index in [2.05, 4.69) is 121 Å². The summed E-state index contributed by atoms with van der Waals surface area (Å²) in [5.41, 5.74) is 8.74. The second kappa shape index (κ2) is 8.38. The summed E-state index contributed by atoms with van der Waals surface area (Å²) in [7, 11) is 0. The van der Waals surface area contributed by atoms with Gasteiger partial charge in [0.25, 0.3) is 0 Å². The Balaban J connectivity index is 1.29. The number of fused-ring (bicyclic) bond motifs is 3. The predicted molar refractivity (Wildman–Crippen MR) is 144 cm³/mol. The molecule has 4 aromatic carbocycles. The zero-order chi connectivity index (χ0) is 22.2. The molecule has 1 N–H and O–H groups in total. The molecule has 0 amide bonds. The normalized spacial score (nSPS) is 15.2. The number of hydrogen-bond acceptors (Lipinski definition) is 2. The highest BCUT2D eigenvalue weighted by molar-refractivity contribution is 7.19. The van der Waals surface area contributed by atoms with E-state index in [-0.39, 0.29) is 0 Å². The van der Waals surface area contributed by atoms with Crippen LogP contribution in [0.3, 0.4) is 0 Å². The smallest absolute Gasteiger partial charge is 0.0390 e. The monoisotopic (exact) mass is 443 g/mol. The topological polar surface area (TPSA) is 12.0 Å². The van der Waals surface area contributed by atoms with Crippen LogP contribution in [0.2, 0.25) is 0 Å². The minimum atomic E-state index is 0.582. The Morgan fingerprint density at radius 1 is 0.697 bits per heavy atom. The molecule has 2 heteroatoms. The Morgan fingerprint density at radius 3 is 2.30 bits per heavy atom. The minimum absolute atomic E-state index is 0.582. The van der Waals surface area contributed by atoms with Crippen molar-refractivity contribution in [1.29, 1.82) is 0 Å². The van der Waals surface area contributed by atoms with Gasteiger partial charge in [0.1, 0.15) is 0 Å². The van der Waals surface area contributed by atoms with Gasteiger partial charge >= 0.3 is 0 Å². The molecule has 6 rings (SSSR count). The number of rotatable bonds is 4. The molecule has 1 aliphatic rings. The van der Waals surface area contributed by atoms with E-state index < -0.39 is 0 Å². The first-order chi connectivity index (χ1) is 16.3. The number of nitrogens with one attached hydrogen (secondary N) is 1. The molecule has 0 saturated heterocycles. The zero-order valence-electron chi connectivity index (χ0n) is 18.6. The molecule has 1 heterocycles. The summed E-state index contributed by atoms with van der Waals surface area (Å²) in [6.07, 6.45) is 3.53. The first kappa shape index (κ1) is 20.0. The third-order valence-corrected chi connectivity index (χ3v) is 7.87. The molecule has 1 unspecified atom stereocenters. The van der Waals surface area contributed by atoms with Crippen molar-refractivity contribution in [3.63, 3.8) is 0 Å². The lowest BCUT2D eigenvalue weighted by Crippen LogP contribution is -2.02. The van der Waals surface area contributed by atoms with Crippen molar-refractivity contribution in [2.75, 3.05) is 5.32 Å². The average Bonchev–Trinajstić information content (AvgIpc) is 3.27. The van der Waals surface area contributed by atoms with Gasteiger partial charge in [0, 0.05) is 31.9 Å². The van der Waals surface area contributed by atoms with Gasteiger partial charge in [-0.25, -0.2) is 0 Å². The largest absolute Gasteiger partial charge is 0.356 e. The van der Waals surface area contributed by atoms with Gasteiger partial charge in [-0.05, 0) is 64.9 Å². The van der Waals surface area contributed by atoms with Crippen LogP contribution in [-0.2, 0) is 0 Å². The lowest BCUT2D eigenvalue weighted by molar-refractivity contribution is 0.787. The maximum atomic E-state index is 3.58. The third-order valence-electron chi connectivity index (χ3n) is 6.47. The second-order valence-electron chi connectivity index (χ2n) is 8.74. The van der Waals surface area contributed by atoms with E-state index in [1.807, 2.05) is 11.3 Å². The number of thiophene rings is 1. The molecule has 33 heavy (non-hydrogen) atoms. The van der Waals surface area contributed by atoms with Crippen LogP contribution in [-0.4, -0.2) is 0 Å². The van der Waals surface area contributed by atoms with Crippen LogP contribution in [0, 0.1) is 0 Å². The van der Waals surface area contributed by atoms with Crippen LogP contribution in [0.4, 0.5) is 11.4 Å². The van der Waals surface area contributed by atoms with Gasteiger partial charge in [0.05, 0.1) is 0 Å². The summed E-state index contributed by atoms with van der Waals surface area (Å²) in [6.45, 7) is 2.35. The van der Waals surface area contributed by atoms with Crippen molar-refractivity contribution in [2.45, 2.75) is 19.3 Å². The van der Waals surface area contributed by atoms with E-state index in [1.54, 1.807) is 0 Å². The molecule has 1 nitrogen and oxygen atoms in total. The Labute approximate surface area is 199 Å². The fourth-order valence-electron chi connectivity index (χ4n) is 4.76. The SMILES string of the molecule is CC1CC=C(c2ccc(Nc3cccc(-c4ccccc4)c3)cc2)c2c1sc1ccccc21. The van der Waals surface area contributed by atoms with Gasteiger partial charge in [0.2, 0.25) is 0 Å².